The zero-order valence-corrected chi connectivity index (χ0v) is 9.03. The molecule has 2 rings (SSSR count). The van der Waals surface area contributed by atoms with Crippen molar-refractivity contribution in [3.63, 3.8) is 0 Å². The van der Waals surface area contributed by atoms with Gasteiger partial charge in [-0.15, -0.1) is 0 Å². The number of anilines is 1. The summed E-state index contributed by atoms with van der Waals surface area (Å²) >= 11 is 0. The third-order valence-corrected chi connectivity index (χ3v) is 3.65. The number of halogens is 1. The van der Waals surface area contributed by atoms with E-state index in [4.69, 9.17) is 10.7 Å². The van der Waals surface area contributed by atoms with E-state index < -0.39 is 9.05 Å². The number of hydrogen-bond acceptors (Lipinski definition) is 3. The molecular weight excluding hydrogens is 222 g/mol. The van der Waals surface area contributed by atoms with E-state index in [0.29, 0.717) is 0 Å². The van der Waals surface area contributed by atoms with Crippen LogP contribution >= 0.6 is 10.7 Å². The van der Waals surface area contributed by atoms with Crippen LogP contribution in [0.2, 0.25) is 0 Å². The van der Waals surface area contributed by atoms with Crippen LogP contribution in [0.4, 0.5) is 5.69 Å². The van der Waals surface area contributed by atoms with E-state index in [9.17, 15) is 8.42 Å². The van der Waals surface area contributed by atoms with Crippen molar-refractivity contribution in [3.05, 3.63) is 23.8 Å². The number of aryl methyl sites for hydroxylation is 1. The van der Waals surface area contributed by atoms with Crippen molar-refractivity contribution >= 4 is 25.4 Å². The summed E-state index contributed by atoms with van der Waals surface area (Å²) in [5, 5.41) is 3.20. The highest BCUT2D eigenvalue weighted by atomic mass is 35.7. The third kappa shape index (κ3) is 1.86. The van der Waals surface area contributed by atoms with Gasteiger partial charge in [-0.1, -0.05) is 0 Å². The van der Waals surface area contributed by atoms with Crippen molar-refractivity contribution < 1.29 is 8.42 Å². The van der Waals surface area contributed by atoms with Crippen LogP contribution in [0.15, 0.2) is 23.1 Å². The Morgan fingerprint density at radius 3 is 2.86 bits per heavy atom. The fourth-order valence-electron chi connectivity index (χ4n) is 1.60. The van der Waals surface area contributed by atoms with Crippen LogP contribution in [0.1, 0.15) is 12.0 Å². The highest BCUT2D eigenvalue weighted by Crippen LogP contribution is 2.26. The van der Waals surface area contributed by atoms with Crippen molar-refractivity contribution in [2.75, 3.05) is 11.9 Å². The smallest absolute Gasteiger partial charge is 0.261 e. The Morgan fingerprint density at radius 2 is 2.14 bits per heavy atom. The number of nitrogens with one attached hydrogen (secondary N) is 1. The van der Waals surface area contributed by atoms with E-state index in [0.717, 1.165) is 30.6 Å². The van der Waals surface area contributed by atoms with Crippen molar-refractivity contribution in [2.45, 2.75) is 17.7 Å². The maximum absolute atomic E-state index is 11.1. The zero-order chi connectivity index (χ0) is 10.2. The minimum atomic E-state index is -3.59. The van der Waals surface area contributed by atoms with Crippen LogP contribution < -0.4 is 5.32 Å². The van der Waals surface area contributed by atoms with Crippen molar-refractivity contribution in [1.29, 1.82) is 0 Å². The summed E-state index contributed by atoms with van der Waals surface area (Å²) in [7, 11) is 1.66. The average Bonchev–Trinajstić information content (AvgIpc) is 2.16. The molecule has 1 heterocycles. The second kappa shape index (κ2) is 3.44. The Balaban J connectivity index is 2.49. The first-order chi connectivity index (χ1) is 6.57. The van der Waals surface area contributed by atoms with Gasteiger partial charge < -0.3 is 5.32 Å². The number of rotatable bonds is 1. The molecule has 14 heavy (non-hydrogen) atoms. The van der Waals surface area contributed by atoms with Gasteiger partial charge in [0.1, 0.15) is 0 Å². The largest absolute Gasteiger partial charge is 0.385 e. The number of benzene rings is 1. The van der Waals surface area contributed by atoms with E-state index >= 15 is 0 Å². The maximum Gasteiger partial charge on any atom is 0.261 e. The second-order valence-corrected chi connectivity index (χ2v) is 5.85. The predicted octanol–water partition coefficient (Wildman–Crippen LogP) is 1.97. The summed E-state index contributed by atoms with van der Waals surface area (Å²) in [6, 6.07) is 4.94. The van der Waals surface area contributed by atoms with Crippen LogP contribution in [0.5, 0.6) is 0 Å². The molecule has 3 nitrogen and oxygen atoms in total. The van der Waals surface area contributed by atoms with Crippen molar-refractivity contribution in [1.82, 2.24) is 0 Å². The fourth-order valence-corrected chi connectivity index (χ4v) is 2.40. The summed E-state index contributed by atoms with van der Waals surface area (Å²) in [6.45, 7) is 0.944. The summed E-state index contributed by atoms with van der Waals surface area (Å²) in [4.78, 5) is 0.182. The van der Waals surface area contributed by atoms with Gasteiger partial charge in [0.25, 0.3) is 9.05 Å². The molecule has 0 aromatic heterocycles. The second-order valence-electron chi connectivity index (χ2n) is 3.29. The normalized spacial score (nSPS) is 15.8. The molecule has 1 N–H and O–H groups in total. The van der Waals surface area contributed by atoms with E-state index in [1.54, 1.807) is 12.1 Å². The highest BCUT2D eigenvalue weighted by Gasteiger charge is 2.14. The van der Waals surface area contributed by atoms with Crippen LogP contribution in [-0.4, -0.2) is 15.0 Å². The molecule has 1 aliphatic rings. The molecule has 76 valence electrons. The summed E-state index contributed by atoms with van der Waals surface area (Å²) in [6.07, 6.45) is 1.93. The van der Waals surface area contributed by atoms with Gasteiger partial charge >= 0.3 is 0 Å². The van der Waals surface area contributed by atoms with E-state index in [-0.39, 0.29) is 4.90 Å². The molecule has 1 aliphatic heterocycles. The van der Waals surface area contributed by atoms with E-state index in [1.165, 1.54) is 6.07 Å². The summed E-state index contributed by atoms with van der Waals surface area (Å²) < 4.78 is 22.1. The topological polar surface area (TPSA) is 46.2 Å². The zero-order valence-electron chi connectivity index (χ0n) is 7.46. The fraction of sp³-hybridized carbons (Fsp3) is 0.333. The Labute approximate surface area is 87.5 Å². The van der Waals surface area contributed by atoms with Gasteiger partial charge in [0, 0.05) is 22.9 Å². The quantitative estimate of drug-likeness (QED) is 0.752. The average molecular weight is 232 g/mol. The number of hydrogen-bond donors (Lipinski definition) is 1. The SMILES string of the molecule is O=S(=O)(Cl)c1ccc2c(c1)CCCN2. The Hall–Kier alpha value is -0.740. The van der Waals surface area contributed by atoms with Gasteiger partial charge in [-0.2, -0.15) is 0 Å². The first kappa shape index (κ1) is 9.80. The molecular formula is C9H10ClNO2S. The molecule has 0 amide bonds. The predicted molar refractivity (Wildman–Crippen MR) is 56.3 cm³/mol. The van der Waals surface area contributed by atoms with E-state index in [2.05, 4.69) is 5.32 Å². The van der Waals surface area contributed by atoms with Crippen LogP contribution in [0.25, 0.3) is 0 Å². The minimum Gasteiger partial charge on any atom is -0.385 e. The summed E-state index contributed by atoms with van der Waals surface area (Å²) in [5.74, 6) is 0. The van der Waals surface area contributed by atoms with Gasteiger partial charge in [0.2, 0.25) is 0 Å². The molecule has 0 atom stereocenters. The Bertz CT molecular complexity index is 456. The van der Waals surface area contributed by atoms with Gasteiger partial charge in [-0.25, -0.2) is 8.42 Å². The molecule has 0 bridgehead atoms. The first-order valence-corrected chi connectivity index (χ1v) is 6.70. The lowest BCUT2D eigenvalue weighted by molar-refractivity contribution is 0.609. The third-order valence-electron chi connectivity index (χ3n) is 2.30. The molecule has 1 aromatic rings. The maximum atomic E-state index is 11.1. The lowest BCUT2D eigenvalue weighted by atomic mass is 10.0. The van der Waals surface area contributed by atoms with Crippen LogP contribution in [0.3, 0.4) is 0 Å². The molecule has 0 radical (unpaired) electrons. The van der Waals surface area contributed by atoms with E-state index in [1.807, 2.05) is 0 Å². The highest BCUT2D eigenvalue weighted by molar-refractivity contribution is 8.13. The Kier molecular flexibility index (Phi) is 2.41. The number of fused-ring (bicyclic) bond motifs is 1. The summed E-state index contributed by atoms with van der Waals surface area (Å²) in [5.41, 5.74) is 2.04. The molecule has 0 unspecified atom stereocenters. The molecule has 1 aromatic carbocycles. The molecule has 0 saturated heterocycles. The molecule has 0 spiro atoms. The molecule has 5 heteroatoms. The minimum absolute atomic E-state index is 0.182. The van der Waals surface area contributed by atoms with Crippen LogP contribution in [-0.2, 0) is 15.5 Å². The molecule has 0 fully saturated rings. The lowest BCUT2D eigenvalue weighted by Crippen LogP contribution is -2.11. The lowest BCUT2D eigenvalue weighted by Gasteiger charge is -2.17. The first-order valence-electron chi connectivity index (χ1n) is 4.39. The van der Waals surface area contributed by atoms with Crippen molar-refractivity contribution in [2.24, 2.45) is 0 Å². The van der Waals surface area contributed by atoms with Gasteiger partial charge in [-0.3, -0.25) is 0 Å². The van der Waals surface area contributed by atoms with Crippen LogP contribution in [0, 0.1) is 0 Å². The van der Waals surface area contributed by atoms with Gasteiger partial charge in [-0.05, 0) is 36.6 Å². The molecule has 0 aliphatic carbocycles. The van der Waals surface area contributed by atoms with Crippen molar-refractivity contribution in [3.8, 4) is 0 Å². The molecule has 0 saturated carbocycles. The van der Waals surface area contributed by atoms with Gasteiger partial charge in [0.15, 0.2) is 0 Å². The standard InChI is InChI=1S/C9H10ClNO2S/c10-14(12,13)8-3-4-9-7(6-8)2-1-5-11-9/h3-4,6,11H,1-2,5H2. The monoisotopic (exact) mass is 231 g/mol. The van der Waals surface area contributed by atoms with Gasteiger partial charge in [0.05, 0.1) is 4.90 Å². The Morgan fingerprint density at radius 1 is 1.36 bits per heavy atom.